The Hall–Kier alpha value is -3.85. The number of para-hydroxylation sites is 2. The number of aromatic nitrogens is 3. The van der Waals surface area contributed by atoms with Gasteiger partial charge in [-0.05, 0) is 25.1 Å². The average Bonchev–Trinajstić information content (AvgIpc) is 3.38. The molecular weight excluding hydrogens is 416 g/mol. The van der Waals surface area contributed by atoms with Crippen molar-refractivity contribution in [1.82, 2.24) is 14.6 Å². The highest BCUT2D eigenvalue weighted by atomic mass is 32.1. The number of hydrogen-bond acceptors (Lipinski definition) is 7. The third-order valence-corrected chi connectivity index (χ3v) is 6.04. The van der Waals surface area contributed by atoms with Gasteiger partial charge < -0.3 is 9.64 Å². The molecule has 0 saturated carbocycles. The number of esters is 1. The minimum absolute atomic E-state index is 0.203. The predicted octanol–water partition coefficient (Wildman–Crippen LogP) is 2.03. The largest absolute Gasteiger partial charge is 0.426 e. The van der Waals surface area contributed by atoms with Crippen molar-refractivity contribution in [2.75, 3.05) is 11.4 Å². The second-order valence-corrected chi connectivity index (χ2v) is 7.88. The molecule has 5 rings (SSSR count). The Kier molecular flexibility index (Phi) is 4.40. The van der Waals surface area contributed by atoms with E-state index in [1.807, 2.05) is 31.2 Å². The van der Waals surface area contributed by atoms with Gasteiger partial charge in [-0.3, -0.25) is 14.4 Å². The van der Waals surface area contributed by atoms with Gasteiger partial charge in [0.2, 0.25) is 4.96 Å². The van der Waals surface area contributed by atoms with Crippen molar-refractivity contribution in [1.29, 1.82) is 0 Å². The highest BCUT2D eigenvalue weighted by Gasteiger charge is 2.33. The van der Waals surface area contributed by atoms with E-state index in [9.17, 15) is 14.4 Å². The van der Waals surface area contributed by atoms with Gasteiger partial charge >= 0.3 is 5.97 Å². The number of rotatable bonds is 3. The van der Waals surface area contributed by atoms with Crippen LogP contribution in [0.1, 0.15) is 19.4 Å². The fraction of sp³-hybridized carbons (Fsp3) is 0.136. The maximum absolute atomic E-state index is 13.2. The van der Waals surface area contributed by atoms with E-state index in [-0.39, 0.29) is 11.7 Å². The van der Waals surface area contributed by atoms with Gasteiger partial charge in [0.15, 0.2) is 5.82 Å². The smallest absolute Gasteiger partial charge is 0.308 e. The summed E-state index contributed by atoms with van der Waals surface area (Å²) in [6.45, 7) is 3.71. The van der Waals surface area contributed by atoms with Crippen LogP contribution in [0, 0.1) is 0 Å². The molecule has 0 atom stereocenters. The lowest BCUT2D eigenvalue weighted by Crippen LogP contribution is -2.32. The normalized spacial score (nSPS) is 14.9. The zero-order valence-electron chi connectivity index (χ0n) is 16.7. The van der Waals surface area contributed by atoms with E-state index in [0.29, 0.717) is 32.9 Å². The summed E-state index contributed by atoms with van der Waals surface area (Å²) in [6.07, 6.45) is 0. The Morgan fingerprint density at radius 3 is 2.48 bits per heavy atom. The summed E-state index contributed by atoms with van der Waals surface area (Å²) >= 11 is 1.12. The van der Waals surface area contributed by atoms with E-state index in [2.05, 4.69) is 10.1 Å². The summed E-state index contributed by atoms with van der Waals surface area (Å²) in [4.78, 5) is 44.1. The Balaban J connectivity index is 1.70. The van der Waals surface area contributed by atoms with Gasteiger partial charge in [-0.15, -0.1) is 5.10 Å². The lowest BCUT2D eigenvalue weighted by molar-refractivity contribution is -0.131. The van der Waals surface area contributed by atoms with Crippen LogP contribution in [0.5, 0.6) is 5.75 Å². The molecule has 0 spiro atoms. The Bertz CT molecular complexity index is 1490. The fourth-order valence-electron chi connectivity index (χ4n) is 3.71. The molecule has 0 fully saturated rings. The second-order valence-electron chi connectivity index (χ2n) is 6.90. The van der Waals surface area contributed by atoms with Crippen LogP contribution >= 0.6 is 11.3 Å². The molecule has 154 valence electrons. The molecule has 0 radical (unpaired) electrons. The molecule has 1 amide bonds. The molecule has 1 aliphatic rings. The lowest BCUT2D eigenvalue weighted by atomic mass is 10.1. The van der Waals surface area contributed by atoms with Crippen molar-refractivity contribution < 1.29 is 14.3 Å². The molecule has 2 aromatic heterocycles. The molecule has 2 aromatic carbocycles. The summed E-state index contributed by atoms with van der Waals surface area (Å²) in [5, 5.41) is 4.34. The number of likely N-dealkylation sites (N-methyl/N-ethyl adjacent to an activating group) is 1. The third-order valence-electron chi connectivity index (χ3n) is 5.01. The molecule has 31 heavy (non-hydrogen) atoms. The lowest BCUT2D eigenvalue weighted by Gasteiger charge is -2.13. The standard InChI is InChI=1S/C22H16N4O4S/c1-3-25-15-10-6-4-8-13(15)17(20(25)28)18-21(29)26-22(31-18)23-19(24-26)14-9-5-7-11-16(14)30-12(2)27/h4-11H,3H2,1-2H3/b18-17+. The van der Waals surface area contributed by atoms with E-state index in [1.54, 1.807) is 29.2 Å². The van der Waals surface area contributed by atoms with Crippen molar-refractivity contribution >= 4 is 39.4 Å². The summed E-state index contributed by atoms with van der Waals surface area (Å²) < 4.78 is 6.73. The Labute approximate surface area is 180 Å². The monoisotopic (exact) mass is 432 g/mol. The SMILES string of the molecule is CCN1C(=O)/C(=c2/sc3nc(-c4ccccc4OC(C)=O)nn3c2=O)c2ccccc21. The molecule has 9 heteroatoms. The van der Waals surface area contributed by atoms with Crippen molar-refractivity contribution in [2.45, 2.75) is 13.8 Å². The number of ether oxygens (including phenoxy) is 1. The van der Waals surface area contributed by atoms with E-state index < -0.39 is 11.5 Å². The molecule has 0 saturated heterocycles. The number of carbonyl (C=O) groups excluding carboxylic acids is 2. The van der Waals surface area contributed by atoms with Gasteiger partial charge in [0, 0.05) is 19.0 Å². The van der Waals surface area contributed by atoms with Gasteiger partial charge in [0.25, 0.3) is 11.5 Å². The molecular formula is C22H16N4O4S. The highest BCUT2D eigenvalue weighted by molar-refractivity contribution is 7.15. The van der Waals surface area contributed by atoms with Crippen molar-refractivity contribution in [3.05, 3.63) is 69.0 Å². The van der Waals surface area contributed by atoms with Gasteiger partial charge in [0.1, 0.15) is 10.3 Å². The zero-order valence-corrected chi connectivity index (χ0v) is 17.5. The molecule has 0 unspecified atom stereocenters. The minimum Gasteiger partial charge on any atom is -0.426 e. The first kappa shape index (κ1) is 19.1. The van der Waals surface area contributed by atoms with Crippen molar-refractivity contribution in [3.63, 3.8) is 0 Å². The molecule has 1 aliphatic heterocycles. The number of thiazole rings is 1. The van der Waals surface area contributed by atoms with E-state index >= 15 is 0 Å². The third kappa shape index (κ3) is 2.93. The molecule has 0 bridgehead atoms. The predicted molar refractivity (Wildman–Crippen MR) is 116 cm³/mol. The van der Waals surface area contributed by atoms with Crippen LogP contribution in [-0.2, 0) is 9.59 Å². The van der Waals surface area contributed by atoms with E-state index in [1.165, 1.54) is 11.4 Å². The Morgan fingerprint density at radius 2 is 1.77 bits per heavy atom. The quantitative estimate of drug-likeness (QED) is 0.363. The number of nitrogens with zero attached hydrogens (tertiary/aromatic N) is 4. The maximum atomic E-state index is 13.2. The van der Waals surface area contributed by atoms with E-state index in [0.717, 1.165) is 22.6 Å². The van der Waals surface area contributed by atoms with Crippen LogP contribution in [0.25, 0.3) is 21.9 Å². The van der Waals surface area contributed by atoms with Crippen LogP contribution in [0.2, 0.25) is 0 Å². The molecule has 0 aliphatic carbocycles. The summed E-state index contributed by atoms with van der Waals surface area (Å²) in [7, 11) is 0. The summed E-state index contributed by atoms with van der Waals surface area (Å²) in [5.41, 5.74) is 2.00. The fourth-order valence-corrected chi connectivity index (χ4v) is 4.71. The van der Waals surface area contributed by atoms with Gasteiger partial charge in [0.05, 0.1) is 16.8 Å². The summed E-state index contributed by atoms with van der Waals surface area (Å²) in [6, 6.07) is 14.3. The van der Waals surface area contributed by atoms with Crippen molar-refractivity contribution in [2.24, 2.45) is 0 Å². The van der Waals surface area contributed by atoms with E-state index in [4.69, 9.17) is 4.74 Å². The first-order valence-electron chi connectivity index (χ1n) is 9.62. The van der Waals surface area contributed by atoms with Gasteiger partial charge in [-0.2, -0.15) is 9.50 Å². The Morgan fingerprint density at radius 1 is 1.06 bits per heavy atom. The number of fused-ring (bicyclic) bond motifs is 2. The summed E-state index contributed by atoms with van der Waals surface area (Å²) in [5.74, 6) is -0.0832. The topological polar surface area (TPSA) is 93.9 Å². The second kappa shape index (κ2) is 7.13. The molecule has 8 nitrogen and oxygen atoms in total. The molecule has 3 heterocycles. The first-order valence-corrected chi connectivity index (χ1v) is 10.4. The first-order chi connectivity index (χ1) is 15.0. The molecule has 0 N–H and O–H groups in total. The number of benzene rings is 2. The van der Waals surface area contributed by atoms with Crippen molar-refractivity contribution in [3.8, 4) is 17.1 Å². The highest BCUT2D eigenvalue weighted by Crippen LogP contribution is 2.35. The maximum Gasteiger partial charge on any atom is 0.308 e. The van der Waals surface area contributed by atoms with Crippen LogP contribution in [0.4, 0.5) is 5.69 Å². The zero-order chi connectivity index (χ0) is 21.7. The van der Waals surface area contributed by atoms with Gasteiger partial charge in [-0.1, -0.05) is 41.7 Å². The minimum atomic E-state index is -0.462. The van der Waals surface area contributed by atoms with Gasteiger partial charge in [-0.25, -0.2) is 0 Å². The number of carbonyl (C=O) groups is 2. The van der Waals surface area contributed by atoms with Crippen LogP contribution in [-0.4, -0.2) is 33.0 Å². The number of anilines is 1. The van der Waals surface area contributed by atoms with Crippen LogP contribution < -0.4 is 19.7 Å². The van der Waals surface area contributed by atoms with Crippen LogP contribution in [0.15, 0.2) is 53.3 Å². The molecule has 4 aromatic rings. The average molecular weight is 432 g/mol. The van der Waals surface area contributed by atoms with Crippen LogP contribution in [0.3, 0.4) is 0 Å². The number of hydrogen-bond donors (Lipinski definition) is 0. The number of amides is 1.